The number of hydrogen-bond acceptors (Lipinski definition) is 2. The summed E-state index contributed by atoms with van der Waals surface area (Å²) in [5, 5.41) is 12.9. The van der Waals surface area contributed by atoms with Crippen LogP contribution in [0.5, 0.6) is 0 Å². The van der Waals surface area contributed by atoms with Gasteiger partial charge in [-0.15, -0.1) is 0 Å². The van der Waals surface area contributed by atoms with Crippen molar-refractivity contribution in [2.24, 2.45) is 5.92 Å². The molecule has 1 aromatic carbocycles. The lowest BCUT2D eigenvalue weighted by molar-refractivity contribution is -0.142. The maximum atomic E-state index is 12.3. The fourth-order valence-corrected chi connectivity index (χ4v) is 3.24. The van der Waals surface area contributed by atoms with E-state index in [2.05, 4.69) is 5.32 Å². The zero-order valence-corrected chi connectivity index (χ0v) is 13.0. The van der Waals surface area contributed by atoms with Crippen LogP contribution in [-0.4, -0.2) is 23.0 Å². The average molecular weight is 330 g/mol. The summed E-state index contributed by atoms with van der Waals surface area (Å²) in [6, 6.07) is 4.24. The van der Waals surface area contributed by atoms with Crippen LogP contribution in [0.4, 0.5) is 0 Å². The molecule has 4 nitrogen and oxygen atoms in total. The van der Waals surface area contributed by atoms with Crippen molar-refractivity contribution in [3.8, 4) is 0 Å². The van der Waals surface area contributed by atoms with Gasteiger partial charge in [0.25, 0.3) is 5.91 Å². The molecule has 0 aliphatic heterocycles. The summed E-state index contributed by atoms with van der Waals surface area (Å²) in [7, 11) is 0. The largest absolute Gasteiger partial charge is 0.481 e. The van der Waals surface area contributed by atoms with Gasteiger partial charge in [-0.2, -0.15) is 0 Å². The van der Waals surface area contributed by atoms with Crippen LogP contribution in [0.1, 0.15) is 42.5 Å². The molecule has 0 spiro atoms. The number of aliphatic carboxylic acids is 1. The van der Waals surface area contributed by atoms with Crippen LogP contribution in [0.3, 0.4) is 0 Å². The molecule has 2 N–H and O–H groups in total. The standard InChI is InChI=1S/C15H17Cl2NO3/c16-10-6-9(7-11(17)8-10)14(19)18-13-5-3-1-2-4-12(13)15(20)21/h6-8,12-13H,1-5H2,(H,18,19)(H,20,21). The quantitative estimate of drug-likeness (QED) is 0.830. The number of carbonyl (C=O) groups is 2. The van der Waals surface area contributed by atoms with Crippen LogP contribution in [-0.2, 0) is 4.79 Å². The van der Waals surface area contributed by atoms with Gasteiger partial charge in [-0.25, -0.2) is 0 Å². The molecule has 0 heterocycles. The summed E-state index contributed by atoms with van der Waals surface area (Å²) < 4.78 is 0. The molecule has 114 valence electrons. The lowest BCUT2D eigenvalue weighted by atomic mass is 9.94. The Morgan fingerprint density at radius 3 is 2.29 bits per heavy atom. The number of carboxylic acids is 1. The number of hydrogen-bond donors (Lipinski definition) is 2. The van der Waals surface area contributed by atoms with E-state index in [4.69, 9.17) is 23.2 Å². The average Bonchev–Trinajstić information content (AvgIpc) is 2.63. The highest BCUT2D eigenvalue weighted by Gasteiger charge is 2.30. The van der Waals surface area contributed by atoms with Gasteiger partial charge in [0, 0.05) is 21.7 Å². The first kappa shape index (κ1) is 16.1. The van der Waals surface area contributed by atoms with E-state index < -0.39 is 11.9 Å². The van der Waals surface area contributed by atoms with Gasteiger partial charge in [-0.1, -0.05) is 42.5 Å². The van der Waals surface area contributed by atoms with Gasteiger partial charge < -0.3 is 10.4 Å². The zero-order valence-electron chi connectivity index (χ0n) is 11.4. The van der Waals surface area contributed by atoms with E-state index in [1.165, 1.54) is 12.1 Å². The highest BCUT2D eigenvalue weighted by Crippen LogP contribution is 2.25. The molecule has 0 aromatic heterocycles. The van der Waals surface area contributed by atoms with E-state index >= 15 is 0 Å². The number of nitrogens with one attached hydrogen (secondary N) is 1. The molecule has 1 amide bonds. The molecule has 2 rings (SSSR count). The third-order valence-electron chi connectivity index (χ3n) is 3.77. The Hall–Kier alpha value is -1.26. The van der Waals surface area contributed by atoms with Gasteiger partial charge >= 0.3 is 5.97 Å². The highest BCUT2D eigenvalue weighted by molar-refractivity contribution is 6.35. The first-order chi connectivity index (χ1) is 9.97. The summed E-state index contributed by atoms with van der Waals surface area (Å²) in [5.74, 6) is -1.73. The second kappa shape index (κ2) is 7.14. The Morgan fingerprint density at radius 1 is 1.05 bits per heavy atom. The molecule has 0 radical (unpaired) electrons. The second-order valence-electron chi connectivity index (χ2n) is 5.32. The lowest BCUT2D eigenvalue weighted by Crippen LogP contribution is -2.42. The van der Waals surface area contributed by atoms with Crippen molar-refractivity contribution in [2.75, 3.05) is 0 Å². The number of benzene rings is 1. The molecule has 1 aliphatic carbocycles. The molecule has 1 fully saturated rings. The fourth-order valence-electron chi connectivity index (χ4n) is 2.71. The van der Waals surface area contributed by atoms with Gasteiger partial charge in [-0.05, 0) is 31.0 Å². The summed E-state index contributed by atoms with van der Waals surface area (Å²) >= 11 is 11.8. The first-order valence-electron chi connectivity index (χ1n) is 6.97. The molecule has 6 heteroatoms. The van der Waals surface area contributed by atoms with Crippen molar-refractivity contribution in [1.29, 1.82) is 0 Å². The summed E-state index contributed by atoms with van der Waals surface area (Å²) in [6.45, 7) is 0. The van der Waals surface area contributed by atoms with Gasteiger partial charge in [0.05, 0.1) is 5.92 Å². The maximum absolute atomic E-state index is 12.3. The van der Waals surface area contributed by atoms with E-state index in [1.807, 2.05) is 0 Å². The molecule has 2 atom stereocenters. The van der Waals surface area contributed by atoms with E-state index in [9.17, 15) is 14.7 Å². The minimum atomic E-state index is -0.855. The number of halogens is 2. The van der Waals surface area contributed by atoms with E-state index in [0.717, 1.165) is 19.3 Å². The molecule has 1 saturated carbocycles. The Kier molecular flexibility index (Phi) is 5.48. The van der Waals surface area contributed by atoms with Crippen LogP contribution in [0.15, 0.2) is 18.2 Å². The van der Waals surface area contributed by atoms with Crippen molar-refractivity contribution in [1.82, 2.24) is 5.32 Å². The Morgan fingerprint density at radius 2 is 1.67 bits per heavy atom. The van der Waals surface area contributed by atoms with Gasteiger partial charge in [-0.3, -0.25) is 9.59 Å². The van der Waals surface area contributed by atoms with E-state index in [-0.39, 0.29) is 11.9 Å². The van der Waals surface area contributed by atoms with Crippen molar-refractivity contribution < 1.29 is 14.7 Å². The topological polar surface area (TPSA) is 66.4 Å². The molecular formula is C15H17Cl2NO3. The maximum Gasteiger partial charge on any atom is 0.308 e. The summed E-state index contributed by atoms with van der Waals surface area (Å²) in [5.41, 5.74) is 0.348. The van der Waals surface area contributed by atoms with E-state index in [0.29, 0.717) is 28.5 Å². The third kappa shape index (κ3) is 4.35. The SMILES string of the molecule is O=C(NC1CCCCCC1C(=O)O)c1cc(Cl)cc(Cl)c1. The molecule has 0 bridgehead atoms. The highest BCUT2D eigenvalue weighted by atomic mass is 35.5. The normalized spacial score (nSPS) is 22.4. The molecule has 21 heavy (non-hydrogen) atoms. The van der Waals surface area contributed by atoms with Crippen LogP contribution >= 0.6 is 23.2 Å². The minimum Gasteiger partial charge on any atom is -0.481 e. The number of rotatable bonds is 3. The molecular weight excluding hydrogens is 313 g/mol. The molecule has 1 aromatic rings. The zero-order chi connectivity index (χ0) is 15.4. The Labute approximate surface area is 133 Å². The summed E-state index contributed by atoms with van der Waals surface area (Å²) in [6.07, 6.45) is 4.07. The van der Waals surface area contributed by atoms with Gasteiger partial charge in [0.1, 0.15) is 0 Å². The Balaban J connectivity index is 2.14. The predicted molar refractivity (Wildman–Crippen MR) is 81.9 cm³/mol. The van der Waals surface area contributed by atoms with Crippen LogP contribution in [0.25, 0.3) is 0 Å². The van der Waals surface area contributed by atoms with E-state index in [1.54, 1.807) is 6.07 Å². The second-order valence-corrected chi connectivity index (χ2v) is 6.19. The smallest absolute Gasteiger partial charge is 0.308 e. The van der Waals surface area contributed by atoms with Crippen LogP contribution in [0.2, 0.25) is 10.0 Å². The monoisotopic (exact) mass is 329 g/mol. The molecule has 0 saturated heterocycles. The predicted octanol–water partition coefficient (Wildman–Crippen LogP) is 3.76. The number of carboxylic acid groups (broad SMARTS) is 1. The van der Waals surface area contributed by atoms with Gasteiger partial charge in [0.15, 0.2) is 0 Å². The van der Waals surface area contributed by atoms with Gasteiger partial charge in [0.2, 0.25) is 0 Å². The Bertz CT molecular complexity index is 527. The van der Waals surface area contributed by atoms with Crippen molar-refractivity contribution in [3.05, 3.63) is 33.8 Å². The lowest BCUT2D eigenvalue weighted by Gasteiger charge is -2.23. The molecule has 1 aliphatic rings. The third-order valence-corrected chi connectivity index (χ3v) is 4.21. The van der Waals surface area contributed by atoms with Crippen LogP contribution in [0, 0.1) is 5.92 Å². The summed E-state index contributed by atoms with van der Waals surface area (Å²) in [4.78, 5) is 23.6. The fraction of sp³-hybridized carbons (Fsp3) is 0.467. The minimum absolute atomic E-state index is 0.336. The first-order valence-corrected chi connectivity index (χ1v) is 7.72. The van der Waals surface area contributed by atoms with Crippen molar-refractivity contribution in [3.63, 3.8) is 0 Å². The van der Waals surface area contributed by atoms with Crippen molar-refractivity contribution >= 4 is 35.1 Å². The molecule has 2 unspecified atom stereocenters. The van der Waals surface area contributed by atoms with Crippen LogP contribution < -0.4 is 5.32 Å². The van der Waals surface area contributed by atoms with Crippen molar-refractivity contribution in [2.45, 2.75) is 38.1 Å². The number of amides is 1. The number of carbonyl (C=O) groups excluding carboxylic acids is 1.